The van der Waals surface area contributed by atoms with E-state index in [1.54, 1.807) is 23.8 Å². The first kappa shape index (κ1) is 22.3. The molecule has 3 aromatic rings. The summed E-state index contributed by atoms with van der Waals surface area (Å²) in [4.78, 5) is 20.6. The van der Waals surface area contributed by atoms with Crippen LogP contribution in [-0.4, -0.2) is 56.1 Å². The second-order valence-electron chi connectivity index (χ2n) is 7.99. The van der Waals surface area contributed by atoms with Crippen molar-refractivity contribution in [3.05, 3.63) is 34.9 Å². The normalized spacial score (nSPS) is 20.8. The van der Waals surface area contributed by atoms with E-state index < -0.39 is 24.3 Å². The van der Waals surface area contributed by atoms with Gasteiger partial charge in [0.25, 0.3) is 0 Å². The molecule has 3 aromatic heterocycles. The minimum absolute atomic E-state index is 0.0759. The number of rotatable bonds is 7. The number of imidazole rings is 1. The number of alkyl carbamates (subject to hydrolysis) is 1. The Kier molecular flexibility index (Phi) is 6.47. The Bertz CT molecular complexity index is 1100. The van der Waals surface area contributed by atoms with Crippen molar-refractivity contribution in [3.63, 3.8) is 0 Å². The first-order chi connectivity index (χ1) is 15.4. The van der Waals surface area contributed by atoms with Crippen LogP contribution in [0.25, 0.3) is 5.65 Å². The van der Waals surface area contributed by atoms with Crippen molar-refractivity contribution in [1.29, 1.82) is 0 Å². The van der Waals surface area contributed by atoms with Gasteiger partial charge in [-0.25, -0.2) is 19.2 Å². The maximum atomic E-state index is 15.0. The minimum atomic E-state index is -1.33. The Morgan fingerprint density at radius 2 is 2.25 bits per heavy atom. The van der Waals surface area contributed by atoms with E-state index in [-0.39, 0.29) is 6.04 Å². The number of fused-ring (bicyclic) bond motifs is 1. The number of carbonyl (C=O) groups is 1. The summed E-state index contributed by atoms with van der Waals surface area (Å²) in [5, 5.41) is 13.2. The number of anilines is 2. The van der Waals surface area contributed by atoms with Gasteiger partial charge in [0.05, 0.1) is 18.5 Å². The van der Waals surface area contributed by atoms with Crippen LogP contribution >= 0.6 is 11.6 Å². The lowest BCUT2D eigenvalue weighted by atomic mass is 10.0. The summed E-state index contributed by atoms with van der Waals surface area (Å²) in [6, 6.07) is 1.65. The molecule has 3 N–H and O–H groups in total. The molecule has 0 spiro atoms. The van der Waals surface area contributed by atoms with Crippen molar-refractivity contribution >= 4 is 35.1 Å². The number of nitrogens with zero attached hydrogens (tertiary/aromatic N) is 4. The van der Waals surface area contributed by atoms with E-state index in [4.69, 9.17) is 21.1 Å². The Morgan fingerprint density at radius 1 is 1.44 bits per heavy atom. The van der Waals surface area contributed by atoms with Gasteiger partial charge in [-0.15, -0.1) is 0 Å². The minimum Gasteiger partial charge on any atom is -0.443 e. The quantitative estimate of drug-likeness (QED) is 0.486. The number of nitrogens with one attached hydrogen (secondary N) is 3. The number of methoxy groups -OCH3 is 1. The average Bonchev–Trinajstić information content (AvgIpc) is 3.44. The molecule has 0 aromatic carbocycles. The molecular formula is C20H25ClFN7O3. The molecule has 172 valence electrons. The molecule has 3 atom stereocenters. The molecule has 4 rings (SSSR count). The summed E-state index contributed by atoms with van der Waals surface area (Å²) < 4.78 is 27.1. The molecule has 1 aliphatic rings. The van der Waals surface area contributed by atoms with Crippen molar-refractivity contribution in [2.24, 2.45) is 0 Å². The van der Waals surface area contributed by atoms with Crippen molar-refractivity contribution in [2.45, 2.75) is 57.5 Å². The van der Waals surface area contributed by atoms with Crippen molar-refractivity contribution in [2.75, 3.05) is 12.4 Å². The zero-order chi connectivity index (χ0) is 22.8. The second-order valence-corrected chi connectivity index (χ2v) is 8.40. The monoisotopic (exact) mass is 465 g/mol. The number of hydrogen-bond acceptors (Lipinski definition) is 7. The topological polar surface area (TPSA) is 118 Å². The lowest BCUT2D eigenvalue weighted by molar-refractivity contribution is 0.0555. The van der Waals surface area contributed by atoms with E-state index in [1.807, 2.05) is 13.8 Å². The van der Waals surface area contributed by atoms with Crippen LogP contribution in [0, 0.1) is 0 Å². The molecule has 0 radical (unpaired) electrons. The van der Waals surface area contributed by atoms with Gasteiger partial charge in [-0.3, -0.25) is 9.50 Å². The van der Waals surface area contributed by atoms with Gasteiger partial charge in [0.15, 0.2) is 11.5 Å². The van der Waals surface area contributed by atoms with Gasteiger partial charge < -0.3 is 20.1 Å². The van der Waals surface area contributed by atoms with Crippen LogP contribution in [0.3, 0.4) is 0 Å². The summed E-state index contributed by atoms with van der Waals surface area (Å²) in [5.41, 5.74) is 1.85. The zero-order valence-corrected chi connectivity index (χ0v) is 18.7. The highest BCUT2D eigenvalue weighted by molar-refractivity contribution is 6.33. The molecule has 0 aliphatic heterocycles. The smallest absolute Gasteiger partial charge is 0.407 e. The predicted octanol–water partition coefficient (Wildman–Crippen LogP) is 3.71. The Hall–Kier alpha value is -2.92. The van der Waals surface area contributed by atoms with Crippen LogP contribution in [0.5, 0.6) is 0 Å². The molecule has 0 unspecified atom stereocenters. The molecular weight excluding hydrogens is 441 g/mol. The summed E-state index contributed by atoms with van der Waals surface area (Å²) in [7, 11) is 1.59. The van der Waals surface area contributed by atoms with Gasteiger partial charge in [-0.1, -0.05) is 11.6 Å². The molecule has 10 nitrogen and oxygen atoms in total. The van der Waals surface area contributed by atoms with E-state index in [0.717, 1.165) is 0 Å². The van der Waals surface area contributed by atoms with Gasteiger partial charge in [-0.05, 0) is 26.7 Å². The summed E-state index contributed by atoms with van der Waals surface area (Å²) in [5.74, 6) is 0.467. The summed E-state index contributed by atoms with van der Waals surface area (Å²) >= 11 is 6.21. The van der Waals surface area contributed by atoms with Crippen molar-refractivity contribution in [1.82, 2.24) is 29.9 Å². The number of halogens is 2. The number of amides is 1. The molecule has 32 heavy (non-hydrogen) atoms. The van der Waals surface area contributed by atoms with Crippen molar-refractivity contribution < 1.29 is 18.7 Å². The third kappa shape index (κ3) is 4.63. The standard InChI is InChI=1S/C20H25ClFN7O3/c1-10(2)24-20(30)32-15-5-4-12(17(15)22)14-6-16(28-27-14)26-19-23-7-13(21)18-25-11(9-31-3)8-29(18)19/h6-8,10,12,15,17H,4-5,9H2,1-3H3,(H,24,30)(H2,23,26,27,28)/t12-,15-,17+/m0/s1. The second kappa shape index (κ2) is 9.29. The third-order valence-corrected chi connectivity index (χ3v) is 5.46. The summed E-state index contributed by atoms with van der Waals surface area (Å²) in [6.45, 7) is 3.97. The maximum absolute atomic E-state index is 15.0. The van der Waals surface area contributed by atoms with Crippen molar-refractivity contribution in [3.8, 4) is 0 Å². The molecule has 1 saturated carbocycles. The highest BCUT2D eigenvalue weighted by Gasteiger charge is 2.40. The Balaban J connectivity index is 1.47. The van der Waals surface area contributed by atoms with Gasteiger partial charge >= 0.3 is 6.09 Å². The fourth-order valence-electron chi connectivity index (χ4n) is 3.79. The van der Waals surface area contributed by atoms with Crippen LogP contribution in [-0.2, 0) is 16.1 Å². The molecule has 0 bridgehead atoms. The number of alkyl halides is 1. The molecule has 0 saturated heterocycles. The lowest BCUT2D eigenvalue weighted by Gasteiger charge is -2.18. The van der Waals surface area contributed by atoms with E-state index in [9.17, 15) is 9.18 Å². The molecule has 1 aliphatic carbocycles. The number of ether oxygens (including phenoxy) is 2. The SMILES string of the molecule is COCc1cn2c(Nc3cc([C@@H]4CC[C@H](OC(=O)NC(C)C)[C@@H]4F)[nH]n3)ncc(Cl)c2n1. The molecule has 3 heterocycles. The highest BCUT2D eigenvalue weighted by atomic mass is 35.5. The van der Waals surface area contributed by atoms with Crippen LogP contribution in [0.15, 0.2) is 18.5 Å². The number of H-pyrrole nitrogens is 1. The number of aromatic amines is 1. The highest BCUT2D eigenvalue weighted by Crippen LogP contribution is 2.38. The number of carbonyl (C=O) groups excluding carboxylic acids is 1. The summed E-state index contributed by atoms with van der Waals surface area (Å²) in [6.07, 6.45) is 1.52. The molecule has 1 fully saturated rings. The lowest BCUT2D eigenvalue weighted by Crippen LogP contribution is -2.36. The largest absolute Gasteiger partial charge is 0.443 e. The fraction of sp³-hybridized carbons (Fsp3) is 0.500. The van der Waals surface area contributed by atoms with Crippen LogP contribution in [0.1, 0.15) is 44.0 Å². The fourth-order valence-corrected chi connectivity index (χ4v) is 3.97. The Morgan fingerprint density at radius 3 is 3.00 bits per heavy atom. The number of hydrogen-bond donors (Lipinski definition) is 3. The Labute approximate surface area is 188 Å². The van der Waals surface area contributed by atoms with Crippen LogP contribution in [0.4, 0.5) is 21.0 Å². The van der Waals surface area contributed by atoms with E-state index in [2.05, 4.69) is 30.8 Å². The van der Waals surface area contributed by atoms with Gasteiger partial charge in [0.2, 0.25) is 5.95 Å². The van der Waals surface area contributed by atoms with E-state index in [0.29, 0.717) is 53.3 Å². The molecule has 1 amide bonds. The van der Waals surface area contributed by atoms with Gasteiger partial charge in [-0.2, -0.15) is 5.10 Å². The maximum Gasteiger partial charge on any atom is 0.407 e. The van der Waals surface area contributed by atoms with Crippen LogP contribution < -0.4 is 10.6 Å². The first-order valence-electron chi connectivity index (χ1n) is 10.3. The number of aromatic nitrogens is 5. The third-order valence-electron chi connectivity index (χ3n) is 5.19. The average molecular weight is 466 g/mol. The van der Waals surface area contributed by atoms with Crippen LogP contribution in [0.2, 0.25) is 5.02 Å². The molecule has 12 heteroatoms. The first-order valence-corrected chi connectivity index (χ1v) is 10.7. The zero-order valence-electron chi connectivity index (χ0n) is 17.9. The van der Waals surface area contributed by atoms with Gasteiger partial charge in [0.1, 0.15) is 17.3 Å². The van der Waals surface area contributed by atoms with E-state index >= 15 is 0 Å². The predicted molar refractivity (Wildman–Crippen MR) is 116 cm³/mol. The van der Waals surface area contributed by atoms with E-state index in [1.165, 1.54) is 6.20 Å². The van der Waals surface area contributed by atoms with Gasteiger partial charge in [0, 0.05) is 37.0 Å².